The van der Waals surface area contributed by atoms with Crippen molar-refractivity contribution < 1.29 is 0 Å². The molecule has 154 valence electrons. The van der Waals surface area contributed by atoms with E-state index in [0.717, 1.165) is 22.9 Å². The standard InChI is InChI=1S/C25H21ClN4S/c26-20-8-4-18(5-9-20)16-30-17-27-15-25-23(30)13-24(31-25)19-6-10-21(11-7-19)29-14-22-3-1-2-12-28-22/h1-13,15,29H,14,16-17H2. The predicted molar refractivity (Wildman–Crippen MR) is 131 cm³/mol. The second-order valence-electron chi connectivity index (χ2n) is 7.39. The second kappa shape index (κ2) is 8.92. The molecule has 4 aromatic rings. The number of halogens is 1. The van der Waals surface area contributed by atoms with Crippen molar-refractivity contribution >= 4 is 40.5 Å². The third-order valence-electron chi connectivity index (χ3n) is 5.20. The first-order valence-electron chi connectivity index (χ1n) is 10.1. The number of nitrogens with zero attached hydrogens (tertiary/aromatic N) is 3. The van der Waals surface area contributed by atoms with Crippen molar-refractivity contribution in [3.8, 4) is 10.4 Å². The van der Waals surface area contributed by atoms with Crippen LogP contribution in [0.15, 0.2) is 84.0 Å². The third-order valence-corrected chi connectivity index (χ3v) is 6.56. The zero-order valence-electron chi connectivity index (χ0n) is 16.8. The molecule has 0 atom stereocenters. The molecule has 0 aliphatic carbocycles. The Hall–Kier alpha value is -3.15. The first-order valence-corrected chi connectivity index (χ1v) is 11.3. The third kappa shape index (κ3) is 4.63. The van der Waals surface area contributed by atoms with E-state index in [0.29, 0.717) is 13.2 Å². The van der Waals surface area contributed by atoms with Gasteiger partial charge >= 0.3 is 0 Å². The van der Waals surface area contributed by atoms with Crippen molar-refractivity contribution in [2.45, 2.75) is 13.1 Å². The van der Waals surface area contributed by atoms with Gasteiger partial charge in [0.15, 0.2) is 0 Å². The number of aromatic nitrogens is 1. The summed E-state index contributed by atoms with van der Waals surface area (Å²) in [5.41, 5.74) is 5.78. The number of rotatable bonds is 6. The van der Waals surface area contributed by atoms with Crippen LogP contribution in [0.4, 0.5) is 11.4 Å². The summed E-state index contributed by atoms with van der Waals surface area (Å²) in [6.07, 6.45) is 3.81. The molecule has 0 spiro atoms. The molecule has 4 nitrogen and oxygen atoms in total. The smallest absolute Gasteiger partial charge is 0.110 e. The van der Waals surface area contributed by atoms with Gasteiger partial charge < -0.3 is 10.2 Å². The lowest BCUT2D eigenvalue weighted by molar-refractivity contribution is 0.809. The highest BCUT2D eigenvalue weighted by Crippen LogP contribution is 2.38. The van der Waals surface area contributed by atoms with E-state index in [1.807, 2.05) is 42.7 Å². The Morgan fingerprint density at radius 1 is 1.00 bits per heavy atom. The highest BCUT2D eigenvalue weighted by molar-refractivity contribution is 7.17. The summed E-state index contributed by atoms with van der Waals surface area (Å²) in [6.45, 7) is 2.19. The number of hydrogen-bond acceptors (Lipinski definition) is 5. The summed E-state index contributed by atoms with van der Waals surface area (Å²) in [5.74, 6) is 0. The molecule has 1 aliphatic heterocycles. The van der Waals surface area contributed by atoms with Gasteiger partial charge in [-0.2, -0.15) is 0 Å². The number of thiophene rings is 1. The number of hydrogen-bond donors (Lipinski definition) is 1. The molecule has 0 fully saturated rings. The van der Waals surface area contributed by atoms with E-state index in [1.54, 1.807) is 11.3 Å². The Labute approximate surface area is 190 Å². The predicted octanol–water partition coefficient (Wildman–Crippen LogP) is 6.47. The van der Waals surface area contributed by atoms with Gasteiger partial charge in [-0.15, -0.1) is 11.3 Å². The Morgan fingerprint density at radius 3 is 2.61 bits per heavy atom. The van der Waals surface area contributed by atoms with Crippen LogP contribution in [-0.4, -0.2) is 17.9 Å². The average molecular weight is 445 g/mol. The van der Waals surface area contributed by atoms with Crippen molar-refractivity contribution in [3.05, 3.63) is 100 Å². The maximum Gasteiger partial charge on any atom is 0.110 e. The van der Waals surface area contributed by atoms with Crippen molar-refractivity contribution in [3.63, 3.8) is 0 Å². The van der Waals surface area contributed by atoms with Crippen LogP contribution in [0.2, 0.25) is 5.02 Å². The minimum absolute atomic E-state index is 0.669. The van der Waals surface area contributed by atoms with E-state index in [2.05, 4.69) is 62.7 Å². The fraction of sp³-hybridized carbons (Fsp3) is 0.120. The van der Waals surface area contributed by atoms with E-state index < -0.39 is 0 Å². The molecule has 3 heterocycles. The molecule has 5 rings (SSSR count). The van der Waals surface area contributed by atoms with Gasteiger partial charge in [0, 0.05) is 34.5 Å². The number of benzene rings is 2. The number of aliphatic imine (C=N–C) groups is 1. The first kappa shape index (κ1) is 19.8. The number of fused-ring (bicyclic) bond motifs is 1. The van der Waals surface area contributed by atoms with Gasteiger partial charge in [-0.1, -0.05) is 41.9 Å². The summed E-state index contributed by atoms with van der Waals surface area (Å²) in [7, 11) is 0. The molecule has 1 aliphatic rings. The molecule has 0 unspecified atom stereocenters. The number of nitrogens with one attached hydrogen (secondary N) is 1. The van der Waals surface area contributed by atoms with Gasteiger partial charge in [0.2, 0.25) is 0 Å². The van der Waals surface area contributed by atoms with E-state index in [4.69, 9.17) is 11.6 Å². The van der Waals surface area contributed by atoms with Gasteiger partial charge in [-0.25, -0.2) is 0 Å². The molecule has 0 amide bonds. The Bertz CT molecular complexity index is 1180. The monoisotopic (exact) mass is 444 g/mol. The van der Waals surface area contributed by atoms with Crippen LogP contribution in [0.1, 0.15) is 16.1 Å². The molecule has 0 saturated carbocycles. The van der Waals surface area contributed by atoms with E-state index >= 15 is 0 Å². The second-order valence-corrected chi connectivity index (χ2v) is 8.91. The molecule has 2 aromatic heterocycles. The van der Waals surface area contributed by atoms with Crippen molar-refractivity contribution in [2.75, 3.05) is 16.9 Å². The van der Waals surface area contributed by atoms with Gasteiger partial charge in [0.25, 0.3) is 0 Å². The average Bonchev–Trinajstić information content (AvgIpc) is 3.26. The fourth-order valence-electron chi connectivity index (χ4n) is 3.57. The molecule has 31 heavy (non-hydrogen) atoms. The van der Waals surface area contributed by atoms with Crippen LogP contribution < -0.4 is 10.2 Å². The van der Waals surface area contributed by atoms with Crippen LogP contribution in [0.3, 0.4) is 0 Å². The zero-order valence-corrected chi connectivity index (χ0v) is 18.4. The SMILES string of the molecule is Clc1ccc(CN2CN=Cc3sc(-c4ccc(NCc5ccccn5)cc4)cc32)cc1. The van der Waals surface area contributed by atoms with Crippen LogP contribution >= 0.6 is 22.9 Å². The topological polar surface area (TPSA) is 40.5 Å². The first-order chi connectivity index (χ1) is 15.2. The normalized spacial score (nSPS) is 12.6. The Kier molecular flexibility index (Phi) is 5.69. The van der Waals surface area contributed by atoms with Crippen molar-refractivity contribution in [1.29, 1.82) is 0 Å². The summed E-state index contributed by atoms with van der Waals surface area (Å²) in [6, 6.07) is 24.8. The van der Waals surface area contributed by atoms with E-state index in [1.165, 1.54) is 26.6 Å². The minimum atomic E-state index is 0.669. The fourth-order valence-corrected chi connectivity index (χ4v) is 4.78. The zero-order chi connectivity index (χ0) is 21.0. The Morgan fingerprint density at radius 2 is 1.84 bits per heavy atom. The minimum Gasteiger partial charge on any atom is -0.379 e. The van der Waals surface area contributed by atoms with Crippen LogP contribution in [-0.2, 0) is 13.1 Å². The highest BCUT2D eigenvalue weighted by Gasteiger charge is 2.18. The number of anilines is 2. The summed E-state index contributed by atoms with van der Waals surface area (Å²) < 4.78 is 0. The van der Waals surface area contributed by atoms with Crippen LogP contribution in [0, 0.1) is 0 Å². The Balaban J connectivity index is 1.30. The highest BCUT2D eigenvalue weighted by atomic mass is 35.5. The molecule has 0 radical (unpaired) electrons. The molecule has 6 heteroatoms. The van der Waals surface area contributed by atoms with Gasteiger partial charge in [-0.3, -0.25) is 9.98 Å². The summed E-state index contributed by atoms with van der Waals surface area (Å²) >= 11 is 7.80. The van der Waals surface area contributed by atoms with Gasteiger partial charge in [-0.05, 0) is 53.6 Å². The van der Waals surface area contributed by atoms with Crippen molar-refractivity contribution in [2.24, 2.45) is 4.99 Å². The lowest BCUT2D eigenvalue weighted by atomic mass is 10.1. The molecule has 0 bridgehead atoms. The van der Waals surface area contributed by atoms with Crippen molar-refractivity contribution in [1.82, 2.24) is 4.98 Å². The maximum absolute atomic E-state index is 6.03. The quantitative estimate of drug-likeness (QED) is 0.370. The van der Waals surface area contributed by atoms with E-state index in [-0.39, 0.29) is 0 Å². The maximum atomic E-state index is 6.03. The van der Waals surface area contributed by atoms with Gasteiger partial charge in [0.1, 0.15) is 6.67 Å². The van der Waals surface area contributed by atoms with Crippen LogP contribution in [0.25, 0.3) is 10.4 Å². The molecular formula is C25H21ClN4S. The molecule has 2 aromatic carbocycles. The lowest BCUT2D eigenvalue weighted by Crippen LogP contribution is -2.25. The molecule has 1 N–H and O–H groups in total. The molecular weight excluding hydrogens is 424 g/mol. The summed E-state index contributed by atoms with van der Waals surface area (Å²) in [4.78, 5) is 13.7. The molecule has 0 saturated heterocycles. The number of pyridine rings is 1. The largest absolute Gasteiger partial charge is 0.379 e. The van der Waals surface area contributed by atoms with Gasteiger partial charge in [0.05, 0.1) is 22.8 Å². The van der Waals surface area contributed by atoms with Crippen LogP contribution in [0.5, 0.6) is 0 Å². The summed E-state index contributed by atoms with van der Waals surface area (Å²) in [5, 5.41) is 4.19. The lowest BCUT2D eigenvalue weighted by Gasteiger charge is -2.25. The van der Waals surface area contributed by atoms with E-state index in [9.17, 15) is 0 Å².